The molecule has 1 N–H and O–H groups in total. The van der Waals surface area contributed by atoms with Gasteiger partial charge in [0.25, 0.3) is 0 Å². The molecule has 0 spiro atoms. The van der Waals surface area contributed by atoms with Crippen molar-refractivity contribution < 1.29 is 22.1 Å². The number of hydrogen-bond acceptors (Lipinski definition) is 6. The summed E-state index contributed by atoms with van der Waals surface area (Å²) in [6.07, 6.45) is 9.21. The van der Waals surface area contributed by atoms with Crippen molar-refractivity contribution in [2.75, 3.05) is 16.2 Å². The van der Waals surface area contributed by atoms with Crippen LogP contribution in [0.4, 0.5) is 15.8 Å². The molecule has 1 heterocycles. The number of aromatic nitrogens is 2. The number of hydrogen-bond donors (Lipinski definition) is 1. The Morgan fingerprint density at radius 1 is 1.00 bits per heavy atom. The molecule has 7 saturated carbocycles. The first-order valence-corrected chi connectivity index (χ1v) is 18.0. The quantitative estimate of drug-likeness (QED) is 0.252. The van der Waals surface area contributed by atoms with Crippen LogP contribution < -0.4 is 9.62 Å². The number of amides is 1. The van der Waals surface area contributed by atoms with Crippen LogP contribution in [0, 0.1) is 10.8 Å². The van der Waals surface area contributed by atoms with E-state index in [2.05, 4.69) is 9.88 Å². The zero-order valence-corrected chi connectivity index (χ0v) is 26.8. The van der Waals surface area contributed by atoms with Gasteiger partial charge < -0.3 is 9.42 Å². The highest BCUT2D eigenvalue weighted by atomic mass is 32.2. The molecule has 0 aliphatic heterocycles. The number of anilines is 2. The van der Waals surface area contributed by atoms with Gasteiger partial charge in [0.05, 0.1) is 10.7 Å². The van der Waals surface area contributed by atoms with Gasteiger partial charge >= 0.3 is 0 Å². The van der Waals surface area contributed by atoms with Crippen LogP contribution in [-0.4, -0.2) is 41.9 Å². The molecule has 0 unspecified atom stereocenters. The number of fused-ring (bicyclic) bond motifs is 3. The highest BCUT2D eigenvalue weighted by molar-refractivity contribution is 7.93. The molecule has 10 rings (SSSR count). The van der Waals surface area contributed by atoms with E-state index in [0.717, 1.165) is 79.9 Å². The zero-order chi connectivity index (χ0) is 31.2. The third-order valence-corrected chi connectivity index (χ3v) is 13.4. The van der Waals surface area contributed by atoms with E-state index in [9.17, 15) is 17.6 Å². The predicted molar refractivity (Wildman–Crippen MR) is 170 cm³/mol. The van der Waals surface area contributed by atoms with Crippen molar-refractivity contribution in [3.63, 3.8) is 0 Å². The third kappa shape index (κ3) is 4.89. The Bertz CT molecular complexity index is 1720. The molecule has 0 saturated heterocycles. The van der Waals surface area contributed by atoms with Gasteiger partial charge in [-0.1, -0.05) is 29.4 Å². The standard InChI is InChI=1S/C35H41FN4O4S/c1-23(2)45(42,43)39-27-10-8-24(9-11-27)26-4-3-5-28(18-26)40(31(41)34-19-35(36,20-34)21-34)22-32-12-15-33(16-13-32,17-14-32)30-37-29(38-44-30)25-6-7-25/h3-5,8-11,18,23,25,39H,6-7,12-17,19-22H2,1-2H3. The van der Waals surface area contributed by atoms with E-state index >= 15 is 0 Å². The zero-order valence-electron chi connectivity index (χ0n) is 26.0. The van der Waals surface area contributed by atoms with E-state index < -0.39 is 26.4 Å². The monoisotopic (exact) mass is 632 g/mol. The number of nitrogens with zero attached hydrogens (tertiary/aromatic N) is 3. The summed E-state index contributed by atoms with van der Waals surface area (Å²) in [7, 11) is -3.44. The van der Waals surface area contributed by atoms with Gasteiger partial charge in [0.15, 0.2) is 5.82 Å². The molecule has 0 radical (unpaired) electrons. The van der Waals surface area contributed by atoms with E-state index in [1.165, 1.54) is 0 Å². The number of halogens is 1. The van der Waals surface area contributed by atoms with Gasteiger partial charge in [-0.25, -0.2) is 12.8 Å². The maximum Gasteiger partial charge on any atom is 0.235 e. The maximum atomic E-state index is 14.6. The molecule has 45 heavy (non-hydrogen) atoms. The van der Waals surface area contributed by atoms with Crippen molar-refractivity contribution >= 4 is 27.3 Å². The summed E-state index contributed by atoms with van der Waals surface area (Å²) in [5.41, 5.74) is 1.43. The molecule has 2 aromatic carbocycles. The normalized spacial score (nSPS) is 31.7. The number of carbonyl (C=O) groups excluding carboxylic acids is 1. The van der Waals surface area contributed by atoms with Crippen molar-refractivity contribution in [2.24, 2.45) is 10.8 Å². The second-order valence-electron chi connectivity index (χ2n) is 15.2. The van der Waals surface area contributed by atoms with Gasteiger partial charge in [0, 0.05) is 29.3 Å². The number of sulfonamides is 1. The minimum atomic E-state index is -3.44. The first-order chi connectivity index (χ1) is 21.4. The lowest BCUT2D eigenvalue weighted by Gasteiger charge is -2.65. The summed E-state index contributed by atoms with van der Waals surface area (Å²) in [5, 5.41) is 3.77. The molecule has 1 amide bonds. The van der Waals surface area contributed by atoms with Crippen LogP contribution >= 0.6 is 0 Å². The lowest BCUT2D eigenvalue weighted by molar-refractivity contribution is -0.211. The second-order valence-corrected chi connectivity index (χ2v) is 17.4. The minimum absolute atomic E-state index is 0.00107. The summed E-state index contributed by atoms with van der Waals surface area (Å²) in [6, 6.07) is 15.3. The number of benzene rings is 2. The molecule has 10 heteroatoms. The van der Waals surface area contributed by atoms with Crippen LogP contribution in [0.1, 0.15) is 102 Å². The number of nitrogens with one attached hydrogen (secondary N) is 1. The Morgan fingerprint density at radius 2 is 1.67 bits per heavy atom. The van der Waals surface area contributed by atoms with Crippen molar-refractivity contribution in [1.82, 2.24) is 10.1 Å². The van der Waals surface area contributed by atoms with E-state index in [1.807, 2.05) is 41.3 Å². The molecule has 4 bridgehead atoms. The molecule has 7 aliphatic carbocycles. The highest BCUT2D eigenvalue weighted by Crippen LogP contribution is 2.70. The van der Waals surface area contributed by atoms with Gasteiger partial charge in [-0.3, -0.25) is 9.52 Å². The van der Waals surface area contributed by atoms with Gasteiger partial charge in [-0.05, 0) is 125 Å². The lowest BCUT2D eigenvalue weighted by atomic mass is 9.41. The summed E-state index contributed by atoms with van der Waals surface area (Å²) < 4.78 is 47.8. The fourth-order valence-corrected chi connectivity index (χ4v) is 9.14. The Balaban J connectivity index is 1.04. The Kier molecular flexibility index (Phi) is 6.39. The highest BCUT2D eigenvalue weighted by Gasteiger charge is 2.73. The molecule has 3 aromatic rings. The molecular weight excluding hydrogens is 591 g/mol. The molecule has 8 nitrogen and oxygen atoms in total. The van der Waals surface area contributed by atoms with E-state index in [4.69, 9.17) is 9.51 Å². The average molecular weight is 633 g/mol. The Labute approximate surface area is 264 Å². The van der Waals surface area contributed by atoms with Crippen LogP contribution in [0.2, 0.25) is 0 Å². The van der Waals surface area contributed by atoms with E-state index in [-0.39, 0.29) is 16.7 Å². The van der Waals surface area contributed by atoms with Gasteiger partial charge in [0.2, 0.25) is 21.8 Å². The van der Waals surface area contributed by atoms with Crippen LogP contribution in [0.5, 0.6) is 0 Å². The minimum Gasteiger partial charge on any atom is -0.339 e. The van der Waals surface area contributed by atoms with Gasteiger partial charge in [0.1, 0.15) is 5.67 Å². The predicted octanol–water partition coefficient (Wildman–Crippen LogP) is 7.28. The molecule has 7 aliphatic rings. The first-order valence-electron chi connectivity index (χ1n) is 16.5. The van der Waals surface area contributed by atoms with Crippen molar-refractivity contribution in [2.45, 2.75) is 107 Å². The molecular formula is C35H41FN4O4S. The SMILES string of the molecule is CC(C)S(=O)(=O)Nc1ccc(-c2cccc(N(CC34CCC(c5nc(C6CC6)no5)(CC3)CC4)C(=O)C34CC(F)(C3)C4)c2)cc1. The molecule has 7 fully saturated rings. The molecule has 1 aromatic heterocycles. The van der Waals surface area contributed by atoms with Crippen LogP contribution in [0.15, 0.2) is 53.1 Å². The summed E-state index contributed by atoms with van der Waals surface area (Å²) in [4.78, 5) is 21.1. The number of alkyl halides is 1. The largest absolute Gasteiger partial charge is 0.339 e. The smallest absolute Gasteiger partial charge is 0.235 e. The topological polar surface area (TPSA) is 105 Å². The lowest BCUT2D eigenvalue weighted by Crippen LogP contribution is -2.71. The summed E-state index contributed by atoms with van der Waals surface area (Å²) in [5.74, 6) is 2.20. The Hall–Kier alpha value is -3.27. The third-order valence-electron chi connectivity index (χ3n) is 11.7. The van der Waals surface area contributed by atoms with Crippen molar-refractivity contribution in [3.05, 3.63) is 60.2 Å². The van der Waals surface area contributed by atoms with Gasteiger partial charge in [-0.2, -0.15) is 4.98 Å². The fraction of sp³-hybridized carbons (Fsp3) is 0.571. The first kappa shape index (κ1) is 29.2. The fourth-order valence-electron chi connectivity index (χ4n) is 8.44. The van der Waals surface area contributed by atoms with Crippen molar-refractivity contribution in [3.8, 4) is 11.1 Å². The second kappa shape index (κ2) is 9.86. The van der Waals surface area contributed by atoms with Crippen LogP contribution in [0.25, 0.3) is 11.1 Å². The van der Waals surface area contributed by atoms with E-state index in [0.29, 0.717) is 37.4 Å². The molecule has 238 valence electrons. The summed E-state index contributed by atoms with van der Waals surface area (Å²) >= 11 is 0. The van der Waals surface area contributed by atoms with E-state index in [1.54, 1.807) is 26.0 Å². The van der Waals surface area contributed by atoms with Crippen LogP contribution in [-0.2, 0) is 20.2 Å². The Morgan fingerprint density at radius 3 is 2.27 bits per heavy atom. The van der Waals surface area contributed by atoms with Crippen molar-refractivity contribution in [1.29, 1.82) is 0 Å². The summed E-state index contributed by atoms with van der Waals surface area (Å²) in [6.45, 7) is 3.91. The average Bonchev–Trinajstić information content (AvgIpc) is 3.74. The maximum absolute atomic E-state index is 14.6. The molecule has 0 atom stereocenters. The van der Waals surface area contributed by atoms with Crippen LogP contribution in [0.3, 0.4) is 0 Å². The van der Waals surface area contributed by atoms with Gasteiger partial charge in [-0.15, -0.1) is 0 Å². The number of rotatable bonds is 10. The number of carbonyl (C=O) groups is 1.